The van der Waals surface area contributed by atoms with E-state index < -0.39 is 0 Å². The van der Waals surface area contributed by atoms with Crippen molar-refractivity contribution in [2.45, 2.75) is 13.0 Å². The van der Waals surface area contributed by atoms with Crippen molar-refractivity contribution >= 4 is 12.6 Å². The molecule has 0 aromatic rings. The molecule has 0 spiro atoms. The van der Waals surface area contributed by atoms with Crippen molar-refractivity contribution in [2.75, 3.05) is 25.9 Å². The molecule has 0 saturated heterocycles. The Bertz CT molecular complexity index is 68.1. The van der Waals surface area contributed by atoms with Gasteiger partial charge in [0, 0.05) is 18.8 Å². The van der Waals surface area contributed by atoms with Crippen LogP contribution in [0.3, 0.4) is 0 Å². The standard InChI is InChI=1S/C6H15NOS/c1-6(8)5-7(2)3-4-9/h6,8-9H,3-5H2,1-2H3. The summed E-state index contributed by atoms with van der Waals surface area (Å²) >= 11 is 4.06. The summed E-state index contributed by atoms with van der Waals surface area (Å²) in [6.45, 7) is 3.46. The summed E-state index contributed by atoms with van der Waals surface area (Å²) < 4.78 is 0. The fraction of sp³-hybridized carbons (Fsp3) is 1.00. The summed E-state index contributed by atoms with van der Waals surface area (Å²) in [5.41, 5.74) is 0. The molecule has 56 valence electrons. The third-order valence-corrected chi connectivity index (χ3v) is 1.26. The maximum absolute atomic E-state index is 8.88. The minimum absolute atomic E-state index is 0.227. The van der Waals surface area contributed by atoms with Gasteiger partial charge in [-0.15, -0.1) is 0 Å². The highest BCUT2D eigenvalue weighted by atomic mass is 32.1. The van der Waals surface area contributed by atoms with Gasteiger partial charge in [0.2, 0.25) is 0 Å². The van der Waals surface area contributed by atoms with Gasteiger partial charge in [-0.25, -0.2) is 0 Å². The number of rotatable bonds is 4. The molecule has 0 aromatic heterocycles. The fourth-order valence-electron chi connectivity index (χ4n) is 0.713. The summed E-state index contributed by atoms with van der Waals surface area (Å²) in [5, 5.41) is 8.88. The number of hydrogen-bond donors (Lipinski definition) is 2. The van der Waals surface area contributed by atoms with Crippen LogP contribution in [0.25, 0.3) is 0 Å². The van der Waals surface area contributed by atoms with Gasteiger partial charge < -0.3 is 10.0 Å². The minimum Gasteiger partial charge on any atom is -0.392 e. The van der Waals surface area contributed by atoms with Crippen LogP contribution in [0.15, 0.2) is 0 Å². The van der Waals surface area contributed by atoms with E-state index in [1.165, 1.54) is 0 Å². The Morgan fingerprint density at radius 3 is 2.56 bits per heavy atom. The topological polar surface area (TPSA) is 23.5 Å². The average molecular weight is 149 g/mol. The minimum atomic E-state index is -0.227. The van der Waals surface area contributed by atoms with E-state index in [2.05, 4.69) is 17.5 Å². The largest absolute Gasteiger partial charge is 0.392 e. The Kier molecular flexibility index (Phi) is 5.24. The van der Waals surface area contributed by atoms with E-state index in [-0.39, 0.29) is 6.10 Å². The second-order valence-corrected chi connectivity index (χ2v) is 2.78. The summed E-state index contributed by atoms with van der Waals surface area (Å²) in [5.74, 6) is 0.850. The molecule has 0 aliphatic heterocycles. The van der Waals surface area contributed by atoms with Crippen LogP contribution in [0, 0.1) is 0 Å². The Hall–Kier alpha value is 0.270. The van der Waals surface area contributed by atoms with E-state index in [0.29, 0.717) is 0 Å². The van der Waals surface area contributed by atoms with Gasteiger partial charge in [-0.05, 0) is 14.0 Å². The van der Waals surface area contributed by atoms with Crippen molar-refractivity contribution in [3.8, 4) is 0 Å². The van der Waals surface area contributed by atoms with Gasteiger partial charge in [0.1, 0.15) is 0 Å². The monoisotopic (exact) mass is 149 g/mol. The van der Waals surface area contributed by atoms with E-state index in [9.17, 15) is 0 Å². The van der Waals surface area contributed by atoms with Gasteiger partial charge in [0.05, 0.1) is 6.10 Å². The molecular weight excluding hydrogens is 134 g/mol. The van der Waals surface area contributed by atoms with E-state index in [0.717, 1.165) is 18.8 Å². The molecule has 0 fully saturated rings. The molecule has 3 heteroatoms. The van der Waals surface area contributed by atoms with Crippen molar-refractivity contribution in [3.05, 3.63) is 0 Å². The van der Waals surface area contributed by atoms with Crippen LogP contribution >= 0.6 is 12.6 Å². The number of likely N-dealkylation sites (N-methyl/N-ethyl adjacent to an activating group) is 1. The van der Waals surface area contributed by atoms with Gasteiger partial charge in [0.15, 0.2) is 0 Å². The van der Waals surface area contributed by atoms with Crippen LogP contribution in [0.1, 0.15) is 6.92 Å². The Morgan fingerprint density at radius 2 is 2.22 bits per heavy atom. The van der Waals surface area contributed by atoms with Crippen LogP contribution in [-0.4, -0.2) is 42.0 Å². The maximum Gasteiger partial charge on any atom is 0.0638 e. The molecular formula is C6H15NOS. The Balaban J connectivity index is 3.15. The third kappa shape index (κ3) is 6.15. The Labute approximate surface area is 62.3 Å². The van der Waals surface area contributed by atoms with E-state index in [1.807, 2.05) is 7.05 Å². The molecule has 0 rings (SSSR count). The second-order valence-electron chi connectivity index (χ2n) is 2.33. The number of aliphatic hydroxyl groups excluding tert-OH is 1. The van der Waals surface area contributed by atoms with Crippen LogP contribution in [0.2, 0.25) is 0 Å². The first-order valence-electron chi connectivity index (χ1n) is 3.14. The van der Waals surface area contributed by atoms with Crippen LogP contribution in [0.5, 0.6) is 0 Å². The van der Waals surface area contributed by atoms with Crippen LogP contribution in [-0.2, 0) is 0 Å². The predicted octanol–water partition coefficient (Wildman–Crippen LogP) is 0.229. The highest BCUT2D eigenvalue weighted by molar-refractivity contribution is 7.80. The molecule has 0 aliphatic rings. The second kappa shape index (κ2) is 5.09. The number of aliphatic hydroxyl groups is 1. The summed E-state index contributed by atoms with van der Waals surface area (Å²) in [6, 6.07) is 0. The maximum atomic E-state index is 8.88. The normalized spacial score (nSPS) is 14.3. The summed E-state index contributed by atoms with van der Waals surface area (Å²) in [7, 11) is 1.98. The number of hydrogen-bond acceptors (Lipinski definition) is 3. The van der Waals surface area contributed by atoms with Crippen LogP contribution in [0.4, 0.5) is 0 Å². The van der Waals surface area contributed by atoms with Gasteiger partial charge in [-0.2, -0.15) is 12.6 Å². The van der Waals surface area contributed by atoms with Gasteiger partial charge >= 0.3 is 0 Å². The zero-order valence-corrected chi connectivity index (χ0v) is 6.93. The highest BCUT2D eigenvalue weighted by Crippen LogP contribution is 1.87. The molecule has 0 aliphatic carbocycles. The van der Waals surface area contributed by atoms with E-state index in [1.54, 1.807) is 6.92 Å². The molecule has 0 saturated carbocycles. The molecule has 0 heterocycles. The molecule has 0 amide bonds. The van der Waals surface area contributed by atoms with E-state index >= 15 is 0 Å². The molecule has 0 aromatic carbocycles. The number of nitrogens with zero attached hydrogens (tertiary/aromatic N) is 1. The first kappa shape index (κ1) is 9.27. The van der Waals surface area contributed by atoms with Crippen molar-refractivity contribution in [1.29, 1.82) is 0 Å². The highest BCUT2D eigenvalue weighted by Gasteiger charge is 1.99. The molecule has 0 radical (unpaired) electrons. The van der Waals surface area contributed by atoms with E-state index in [4.69, 9.17) is 5.11 Å². The molecule has 1 N–H and O–H groups in total. The van der Waals surface area contributed by atoms with Gasteiger partial charge in [0.25, 0.3) is 0 Å². The van der Waals surface area contributed by atoms with Gasteiger partial charge in [-0.1, -0.05) is 0 Å². The first-order valence-corrected chi connectivity index (χ1v) is 3.77. The lowest BCUT2D eigenvalue weighted by Gasteiger charge is -2.16. The summed E-state index contributed by atoms with van der Waals surface area (Å²) in [4.78, 5) is 2.05. The smallest absolute Gasteiger partial charge is 0.0638 e. The lowest BCUT2D eigenvalue weighted by molar-refractivity contribution is 0.145. The fourth-order valence-corrected chi connectivity index (χ4v) is 1.05. The predicted molar refractivity (Wildman–Crippen MR) is 43.0 cm³/mol. The van der Waals surface area contributed by atoms with Crippen molar-refractivity contribution < 1.29 is 5.11 Å². The SMILES string of the molecule is CC(O)CN(C)CCS. The molecule has 2 nitrogen and oxygen atoms in total. The molecule has 1 atom stereocenters. The molecule has 1 unspecified atom stereocenters. The van der Waals surface area contributed by atoms with Crippen molar-refractivity contribution in [2.24, 2.45) is 0 Å². The summed E-state index contributed by atoms with van der Waals surface area (Å²) in [6.07, 6.45) is -0.227. The zero-order chi connectivity index (χ0) is 7.28. The van der Waals surface area contributed by atoms with Crippen LogP contribution < -0.4 is 0 Å². The first-order chi connectivity index (χ1) is 4.16. The molecule has 9 heavy (non-hydrogen) atoms. The van der Waals surface area contributed by atoms with Gasteiger partial charge in [-0.3, -0.25) is 0 Å². The molecule has 0 bridgehead atoms. The third-order valence-electron chi connectivity index (χ3n) is 1.06. The lowest BCUT2D eigenvalue weighted by Crippen LogP contribution is -2.28. The lowest BCUT2D eigenvalue weighted by atomic mass is 10.4. The zero-order valence-electron chi connectivity index (χ0n) is 6.04. The number of thiol groups is 1. The van der Waals surface area contributed by atoms with Crippen molar-refractivity contribution in [1.82, 2.24) is 4.90 Å². The van der Waals surface area contributed by atoms with Crippen molar-refractivity contribution in [3.63, 3.8) is 0 Å². The quantitative estimate of drug-likeness (QED) is 0.559. The Morgan fingerprint density at radius 1 is 1.67 bits per heavy atom. The average Bonchev–Trinajstić information content (AvgIpc) is 1.63.